The van der Waals surface area contributed by atoms with Gasteiger partial charge in [0.2, 0.25) is 0 Å². The highest BCUT2D eigenvalue weighted by atomic mass is 31.2. The predicted molar refractivity (Wildman–Crippen MR) is 73.0 cm³/mol. The number of aliphatic hydroxyl groups excluding tert-OH is 3. The van der Waals surface area contributed by atoms with E-state index >= 15 is 0 Å². The third-order valence-corrected chi connectivity index (χ3v) is 2.55. The Morgan fingerprint density at radius 1 is 1.24 bits per heavy atom. The SMILES string of the molecule is Nc1ccccc1.O=C(CO)[C@H](O)[C@H](O)COP(=O)(O)O. The Morgan fingerprint density at radius 3 is 2.10 bits per heavy atom. The topological polar surface area (TPSA) is 171 Å². The van der Waals surface area contributed by atoms with Crippen molar-refractivity contribution in [3.05, 3.63) is 30.3 Å². The minimum Gasteiger partial charge on any atom is -0.399 e. The van der Waals surface area contributed by atoms with Gasteiger partial charge in [0.25, 0.3) is 0 Å². The van der Waals surface area contributed by atoms with E-state index in [1.807, 2.05) is 30.3 Å². The molecule has 0 fully saturated rings. The van der Waals surface area contributed by atoms with E-state index in [2.05, 4.69) is 4.52 Å². The number of anilines is 1. The number of aliphatic hydroxyl groups is 3. The van der Waals surface area contributed by atoms with Crippen LogP contribution in [0.25, 0.3) is 0 Å². The Bertz CT molecular complexity index is 463. The highest BCUT2D eigenvalue weighted by Gasteiger charge is 2.26. The summed E-state index contributed by atoms with van der Waals surface area (Å²) in [6.45, 7) is -1.88. The highest BCUT2D eigenvalue weighted by molar-refractivity contribution is 7.46. The number of ketones is 1. The van der Waals surface area contributed by atoms with Crippen molar-refractivity contribution in [2.24, 2.45) is 0 Å². The molecule has 0 heterocycles. The second-order valence-electron chi connectivity index (χ2n) is 3.83. The fraction of sp³-hybridized carbons (Fsp3) is 0.364. The minimum absolute atomic E-state index is 0.822. The zero-order chi connectivity index (χ0) is 16.5. The molecule has 0 unspecified atom stereocenters. The van der Waals surface area contributed by atoms with Crippen LogP contribution in [-0.2, 0) is 13.9 Å². The Labute approximate surface area is 120 Å². The number of phosphoric acid groups is 1. The smallest absolute Gasteiger partial charge is 0.399 e. The van der Waals surface area contributed by atoms with Crippen LogP contribution in [0.3, 0.4) is 0 Å². The quantitative estimate of drug-likeness (QED) is 0.273. The molecule has 0 saturated heterocycles. The van der Waals surface area contributed by atoms with E-state index in [1.54, 1.807) is 0 Å². The van der Waals surface area contributed by atoms with Crippen LogP contribution < -0.4 is 5.73 Å². The zero-order valence-electron chi connectivity index (χ0n) is 10.9. The average molecular weight is 323 g/mol. The summed E-state index contributed by atoms with van der Waals surface area (Å²) in [4.78, 5) is 27.0. The largest absolute Gasteiger partial charge is 0.469 e. The fourth-order valence-corrected chi connectivity index (χ4v) is 1.37. The van der Waals surface area contributed by atoms with Gasteiger partial charge >= 0.3 is 7.82 Å². The molecule has 0 saturated carbocycles. The van der Waals surface area contributed by atoms with Gasteiger partial charge in [0.05, 0.1) is 6.61 Å². The van der Waals surface area contributed by atoms with Crippen molar-refractivity contribution < 1.29 is 39.0 Å². The Hall–Kier alpha value is -1.32. The van der Waals surface area contributed by atoms with Crippen molar-refractivity contribution in [1.29, 1.82) is 0 Å². The molecule has 0 aliphatic rings. The summed E-state index contributed by atoms with van der Waals surface area (Å²) >= 11 is 0. The zero-order valence-corrected chi connectivity index (χ0v) is 11.8. The maximum absolute atomic E-state index is 10.6. The van der Waals surface area contributed by atoms with Crippen molar-refractivity contribution in [2.45, 2.75) is 12.2 Å². The third kappa shape index (κ3) is 10.1. The molecular formula is C11H18NO8P. The first-order valence-corrected chi connectivity index (χ1v) is 7.20. The summed E-state index contributed by atoms with van der Waals surface area (Å²) in [5.41, 5.74) is 6.18. The van der Waals surface area contributed by atoms with Crippen LogP contribution in [0.4, 0.5) is 5.69 Å². The van der Waals surface area contributed by atoms with E-state index in [0.717, 1.165) is 5.69 Å². The van der Waals surface area contributed by atoms with Gasteiger partial charge in [0.1, 0.15) is 18.8 Å². The van der Waals surface area contributed by atoms with Gasteiger partial charge in [-0.1, -0.05) is 18.2 Å². The molecule has 1 aromatic carbocycles. The molecule has 0 bridgehead atoms. The van der Waals surface area contributed by atoms with Crippen molar-refractivity contribution in [3.63, 3.8) is 0 Å². The van der Waals surface area contributed by atoms with Crippen molar-refractivity contribution >= 4 is 19.3 Å². The number of para-hydroxylation sites is 1. The average Bonchev–Trinajstić information content (AvgIpc) is 2.43. The summed E-state index contributed by atoms with van der Waals surface area (Å²) < 4.78 is 14.0. The second kappa shape index (κ2) is 9.59. The fourth-order valence-electron chi connectivity index (χ4n) is 1.03. The number of nitrogens with two attached hydrogens (primary N) is 1. The lowest BCUT2D eigenvalue weighted by Gasteiger charge is -2.15. The lowest BCUT2D eigenvalue weighted by atomic mass is 10.1. The monoisotopic (exact) mass is 323 g/mol. The molecule has 2 atom stereocenters. The van der Waals surface area contributed by atoms with Gasteiger partial charge in [-0.2, -0.15) is 0 Å². The summed E-state index contributed by atoms with van der Waals surface area (Å²) in [7, 11) is -4.74. The van der Waals surface area contributed by atoms with Crippen molar-refractivity contribution in [3.8, 4) is 0 Å². The number of benzene rings is 1. The molecule has 0 amide bonds. The van der Waals surface area contributed by atoms with Gasteiger partial charge in [-0.15, -0.1) is 0 Å². The van der Waals surface area contributed by atoms with Crippen LogP contribution in [0.2, 0.25) is 0 Å². The number of phosphoric ester groups is 1. The molecule has 1 rings (SSSR count). The minimum atomic E-state index is -4.74. The van der Waals surface area contributed by atoms with E-state index in [-0.39, 0.29) is 0 Å². The van der Waals surface area contributed by atoms with E-state index in [4.69, 9.17) is 30.8 Å². The Morgan fingerprint density at radius 2 is 1.76 bits per heavy atom. The van der Waals surface area contributed by atoms with Gasteiger partial charge in [0, 0.05) is 5.69 Å². The number of hydrogen-bond acceptors (Lipinski definition) is 7. The van der Waals surface area contributed by atoms with Crippen molar-refractivity contribution in [2.75, 3.05) is 18.9 Å². The number of carbonyl (C=O) groups is 1. The Balaban J connectivity index is 0.000000471. The molecule has 9 nitrogen and oxygen atoms in total. The standard InChI is InChI=1S/C6H7N.C5H11O8P/c7-6-4-2-1-3-5-6;6-1-3(7)5(9)4(8)2-13-14(10,11)12/h1-5H,7H2;4-6,8-9H,1-2H2,(H2,10,11,12)/t;4-,5+/m.1/s1. The molecule has 21 heavy (non-hydrogen) atoms. The van der Waals surface area contributed by atoms with Gasteiger partial charge in [-0.3, -0.25) is 9.32 Å². The van der Waals surface area contributed by atoms with Crippen LogP contribution in [0.5, 0.6) is 0 Å². The van der Waals surface area contributed by atoms with Crippen LogP contribution in [0, 0.1) is 0 Å². The molecular weight excluding hydrogens is 305 g/mol. The summed E-state index contributed by atoms with van der Waals surface area (Å²) in [5.74, 6) is -1.06. The maximum atomic E-state index is 10.6. The van der Waals surface area contributed by atoms with E-state index in [0.29, 0.717) is 0 Å². The van der Waals surface area contributed by atoms with Crippen LogP contribution in [-0.4, -0.2) is 56.3 Å². The van der Waals surface area contributed by atoms with E-state index in [1.165, 1.54) is 0 Å². The predicted octanol–water partition coefficient (Wildman–Crippen LogP) is -1.35. The third-order valence-electron chi connectivity index (χ3n) is 2.06. The van der Waals surface area contributed by atoms with Gasteiger partial charge in [-0.05, 0) is 12.1 Å². The first-order valence-electron chi connectivity index (χ1n) is 5.67. The van der Waals surface area contributed by atoms with Gasteiger partial charge in [0.15, 0.2) is 5.78 Å². The molecule has 7 N–H and O–H groups in total. The molecule has 10 heteroatoms. The molecule has 120 valence electrons. The maximum Gasteiger partial charge on any atom is 0.469 e. The lowest BCUT2D eigenvalue weighted by molar-refractivity contribution is -0.137. The number of rotatable bonds is 6. The summed E-state index contributed by atoms with van der Waals surface area (Å²) in [6.07, 6.45) is -3.71. The number of carbonyl (C=O) groups excluding carboxylic acids is 1. The second-order valence-corrected chi connectivity index (χ2v) is 5.07. The van der Waals surface area contributed by atoms with Crippen LogP contribution in [0.15, 0.2) is 30.3 Å². The summed E-state index contributed by atoms with van der Waals surface area (Å²) in [6, 6.07) is 9.49. The normalized spacial score (nSPS) is 13.8. The number of hydrogen-bond donors (Lipinski definition) is 6. The number of nitrogen functional groups attached to an aromatic ring is 1. The van der Waals surface area contributed by atoms with Crippen LogP contribution >= 0.6 is 7.82 Å². The lowest BCUT2D eigenvalue weighted by Crippen LogP contribution is -2.38. The molecule has 1 aromatic rings. The molecule has 0 aliphatic heterocycles. The molecule has 0 radical (unpaired) electrons. The Kier molecular flexibility index (Phi) is 8.98. The molecule has 0 aromatic heterocycles. The molecule has 0 spiro atoms. The number of Topliss-reactive ketones (excluding diaryl/α,β-unsaturated/α-hetero) is 1. The van der Waals surface area contributed by atoms with Gasteiger partial charge in [-0.25, -0.2) is 4.57 Å². The summed E-state index contributed by atoms with van der Waals surface area (Å²) in [5, 5.41) is 26.1. The first kappa shape index (κ1) is 19.7. The van der Waals surface area contributed by atoms with E-state index < -0.39 is 39.0 Å². The van der Waals surface area contributed by atoms with Crippen molar-refractivity contribution in [1.82, 2.24) is 0 Å². The van der Waals surface area contributed by atoms with E-state index in [9.17, 15) is 9.36 Å². The van der Waals surface area contributed by atoms with Crippen LogP contribution in [0.1, 0.15) is 0 Å². The first-order chi connectivity index (χ1) is 9.67. The highest BCUT2D eigenvalue weighted by Crippen LogP contribution is 2.35. The van der Waals surface area contributed by atoms with Gasteiger partial charge < -0.3 is 30.8 Å². The molecule has 0 aliphatic carbocycles.